The molecule has 60 heavy (non-hydrogen) atoms. The van der Waals surface area contributed by atoms with Crippen molar-refractivity contribution in [1.29, 1.82) is 0 Å². The Kier molecular flexibility index (Phi) is 9.11. The van der Waals surface area contributed by atoms with Gasteiger partial charge in [0.1, 0.15) is 0 Å². The first kappa shape index (κ1) is 35.6. The van der Waals surface area contributed by atoms with Gasteiger partial charge in [0.05, 0.1) is 5.69 Å². The van der Waals surface area contributed by atoms with E-state index in [0.29, 0.717) is 0 Å². The fourth-order valence-corrected chi connectivity index (χ4v) is 9.69. The molecule has 0 saturated carbocycles. The third kappa shape index (κ3) is 6.73. The minimum absolute atomic E-state index is 1.11. The fourth-order valence-electron chi connectivity index (χ4n) is 8.56. The van der Waals surface area contributed by atoms with Crippen LogP contribution in [0.2, 0.25) is 0 Å². The first-order valence-corrected chi connectivity index (χ1v) is 21.3. The van der Waals surface area contributed by atoms with Crippen LogP contribution in [0.25, 0.3) is 86.6 Å². The predicted octanol–water partition coefficient (Wildman–Crippen LogP) is 17.0. The van der Waals surface area contributed by atoms with Gasteiger partial charge >= 0.3 is 0 Å². The van der Waals surface area contributed by atoms with Gasteiger partial charge in [0, 0.05) is 31.5 Å². The Morgan fingerprint density at radius 2 is 0.683 bits per heavy atom. The molecular weight excluding hydrogens is 743 g/mol. The Hall–Kier alpha value is -7.52. The molecule has 0 atom stereocenters. The van der Waals surface area contributed by atoms with Gasteiger partial charge in [0.15, 0.2) is 0 Å². The minimum atomic E-state index is 1.11. The van der Waals surface area contributed by atoms with E-state index in [9.17, 15) is 0 Å². The zero-order valence-corrected chi connectivity index (χ0v) is 33.7. The van der Waals surface area contributed by atoms with E-state index in [1.54, 1.807) is 0 Å². The van der Waals surface area contributed by atoms with Crippen molar-refractivity contribution in [2.45, 2.75) is 0 Å². The molecule has 1 nitrogen and oxygen atoms in total. The summed E-state index contributed by atoms with van der Waals surface area (Å²) in [5, 5.41) is 5.09. The Bertz CT molecular complexity index is 3270. The molecule has 0 aliphatic heterocycles. The average Bonchev–Trinajstić information content (AvgIpc) is 3.72. The van der Waals surface area contributed by atoms with E-state index in [4.69, 9.17) is 0 Å². The third-order valence-electron chi connectivity index (χ3n) is 11.7. The predicted molar refractivity (Wildman–Crippen MR) is 259 cm³/mol. The molecule has 1 aromatic heterocycles. The highest BCUT2D eigenvalue weighted by Crippen LogP contribution is 2.45. The Labute approximate surface area is 354 Å². The molecule has 0 spiro atoms. The van der Waals surface area contributed by atoms with Crippen molar-refractivity contribution in [3.05, 3.63) is 237 Å². The number of benzene rings is 10. The molecular formula is C58H39NS. The van der Waals surface area contributed by atoms with Crippen LogP contribution < -0.4 is 4.90 Å². The number of fused-ring (bicyclic) bond motifs is 4. The normalized spacial score (nSPS) is 11.3. The maximum absolute atomic E-state index is 2.42. The Balaban J connectivity index is 0.915. The van der Waals surface area contributed by atoms with Gasteiger partial charge in [-0.25, -0.2) is 0 Å². The lowest BCUT2D eigenvalue weighted by atomic mass is 9.96. The van der Waals surface area contributed by atoms with E-state index in [2.05, 4.69) is 241 Å². The van der Waals surface area contributed by atoms with Gasteiger partial charge in [0.2, 0.25) is 0 Å². The van der Waals surface area contributed by atoms with E-state index in [1.165, 1.54) is 92.3 Å². The number of rotatable bonds is 8. The van der Waals surface area contributed by atoms with Gasteiger partial charge in [-0.3, -0.25) is 0 Å². The van der Waals surface area contributed by atoms with Crippen molar-refractivity contribution in [2.24, 2.45) is 0 Å². The van der Waals surface area contributed by atoms with E-state index < -0.39 is 0 Å². The van der Waals surface area contributed by atoms with Gasteiger partial charge in [-0.1, -0.05) is 182 Å². The highest BCUT2D eigenvalue weighted by Gasteiger charge is 2.19. The van der Waals surface area contributed by atoms with Gasteiger partial charge < -0.3 is 4.90 Å². The van der Waals surface area contributed by atoms with Crippen LogP contribution in [0.1, 0.15) is 0 Å². The minimum Gasteiger partial charge on any atom is -0.310 e. The summed E-state index contributed by atoms with van der Waals surface area (Å²) in [4.78, 5) is 2.42. The summed E-state index contributed by atoms with van der Waals surface area (Å²) in [5.41, 5.74) is 15.5. The van der Waals surface area contributed by atoms with Crippen LogP contribution in [0, 0.1) is 0 Å². The van der Waals surface area contributed by atoms with E-state index >= 15 is 0 Å². The summed E-state index contributed by atoms with van der Waals surface area (Å²) >= 11 is 1.86. The van der Waals surface area contributed by atoms with Crippen molar-refractivity contribution in [3.63, 3.8) is 0 Å². The monoisotopic (exact) mass is 781 g/mol. The quantitative estimate of drug-likeness (QED) is 0.148. The number of nitrogens with zero attached hydrogens (tertiary/aromatic N) is 1. The highest BCUT2D eigenvalue weighted by molar-refractivity contribution is 7.26. The zero-order valence-electron chi connectivity index (χ0n) is 32.9. The molecule has 0 aliphatic rings. The van der Waals surface area contributed by atoms with Gasteiger partial charge in [-0.15, -0.1) is 11.3 Å². The van der Waals surface area contributed by atoms with Crippen LogP contribution in [0.15, 0.2) is 237 Å². The van der Waals surface area contributed by atoms with Crippen LogP contribution in [0.4, 0.5) is 17.1 Å². The maximum atomic E-state index is 2.42. The van der Waals surface area contributed by atoms with Crippen molar-refractivity contribution >= 4 is 59.3 Å². The summed E-state index contributed by atoms with van der Waals surface area (Å²) < 4.78 is 2.58. The number of thiophene rings is 1. The Morgan fingerprint density at radius 1 is 0.267 bits per heavy atom. The van der Waals surface area contributed by atoms with Crippen LogP contribution in [0.5, 0.6) is 0 Å². The standard InChI is InChI=1S/C58H39NS/c1-2-10-40(11-3-1)42-20-22-43(23-21-42)45-30-34-52(35-31-45)59(55-17-9-19-57-58(55)54-16-6-7-18-56(54)60-57)53-36-32-46(33-37-53)44-24-26-47(27-25-44)49-14-8-15-50(38-49)51-29-28-41-12-4-5-13-48(41)39-51/h1-39H. The number of anilines is 3. The molecule has 0 bridgehead atoms. The lowest BCUT2D eigenvalue weighted by Gasteiger charge is -2.27. The molecule has 1 heterocycles. The molecule has 0 N–H and O–H groups in total. The summed E-state index contributed by atoms with van der Waals surface area (Å²) in [7, 11) is 0. The molecule has 10 aromatic carbocycles. The SMILES string of the molecule is c1ccc(-c2ccc(-c3ccc(N(c4ccc(-c5ccc(-c6cccc(-c7ccc8ccccc8c7)c6)cc5)cc4)c4cccc5sc6ccccc6c45)cc3)cc2)cc1. The van der Waals surface area contributed by atoms with Crippen molar-refractivity contribution in [2.75, 3.05) is 4.90 Å². The van der Waals surface area contributed by atoms with E-state index in [1.807, 2.05) is 11.3 Å². The summed E-state index contributed by atoms with van der Waals surface area (Å²) in [6, 6.07) is 86.1. The lowest BCUT2D eigenvalue weighted by Crippen LogP contribution is -2.10. The fraction of sp³-hybridized carbons (Fsp3) is 0. The number of hydrogen-bond acceptors (Lipinski definition) is 2. The maximum Gasteiger partial charge on any atom is 0.0554 e. The molecule has 11 rings (SSSR count). The van der Waals surface area contributed by atoms with Gasteiger partial charge in [0.25, 0.3) is 0 Å². The lowest BCUT2D eigenvalue weighted by molar-refractivity contribution is 1.30. The average molecular weight is 782 g/mol. The molecule has 0 amide bonds. The summed E-state index contributed by atoms with van der Waals surface area (Å²) in [6.45, 7) is 0. The third-order valence-corrected chi connectivity index (χ3v) is 12.8. The molecule has 0 unspecified atom stereocenters. The topological polar surface area (TPSA) is 3.24 Å². The first-order valence-electron chi connectivity index (χ1n) is 20.5. The van der Waals surface area contributed by atoms with Crippen molar-refractivity contribution < 1.29 is 0 Å². The van der Waals surface area contributed by atoms with E-state index in [-0.39, 0.29) is 0 Å². The second kappa shape index (κ2) is 15.3. The zero-order chi connectivity index (χ0) is 39.8. The summed E-state index contributed by atoms with van der Waals surface area (Å²) in [6.07, 6.45) is 0. The van der Waals surface area contributed by atoms with Crippen molar-refractivity contribution in [3.8, 4) is 55.6 Å². The molecule has 0 fully saturated rings. The second-order valence-corrected chi connectivity index (χ2v) is 16.4. The molecule has 2 heteroatoms. The van der Waals surface area contributed by atoms with E-state index in [0.717, 1.165) is 11.4 Å². The first-order chi connectivity index (χ1) is 29.7. The highest BCUT2D eigenvalue weighted by atomic mass is 32.1. The molecule has 0 radical (unpaired) electrons. The second-order valence-electron chi connectivity index (χ2n) is 15.3. The number of hydrogen-bond donors (Lipinski definition) is 0. The van der Waals surface area contributed by atoms with Crippen LogP contribution >= 0.6 is 11.3 Å². The van der Waals surface area contributed by atoms with Crippen LogP contribution in [-0.4, -0.2) is 0 Å². The van der Waals surface area contributed by atoms with Gasteiger partial charge in [-0.05, 0) is 121 Å². The molecule has 11 aromatic rings. The smallest absolute Gasteiger partial charge is 0.0554 e. The van der Waals surface area contributed by atoms with Crippen LogP contribution in [0.3, 0.4) is 0 Å². The molecule has 282 valence electrons. The largest absolute Gasteiger partial charge is 0.310 e. The molecule has 0 saturated heterocycles. The van der Waals surface area contributed by atoms with Crippen molar-refractivity contribution in [1.82, 2.24) is 0 Å². The van der Waals surface area contributed by atoms with Gasteiger partial charge in [-0.2, -0.15) is 0 Å². The molecule has 0 aliphatic carbocycles. The van der Waals surface area contributed by atoms with Crippen LogP contribution in [-0.2, 0) is 0 Å². The Morgan fingerprint density at radius 3 is 1.32 bits per heavy atom. The summed E-state index contributed by atoms with van der Waals surface area (Å²) in [5.74, 6) is 0.